The molecule has 0 aliphatic carbocycles. The zero-order chi connectivity index (χ0) is 12.2. The van der Waals surface area contributed by atoms with E-state index in [-0.39, 0.29) is 6.04 Å². The first kappa shape index (κ1) is 12.7. The Morgan fingerprint density at radius 1 is 1.38 bits per heavy atom. The van der Waals surface area contributed by atoms with Crippen molar-refractivity contribution < 1.29 is 9.90 Å². The molecule has 3 nitrogen and oxygen atoms in total. The molecule has 0 aromatic heterocycles. The van der Waals surface area contributed by atoms with Crippen molar-refractivity contribution in [1.29, 1.82) is 0 Å². The number of carboxylic acid groups (broad SMARTS) is 1. The van der Waals surface area contributed by atoms with Crippen LogP contribution >= 0.6 is 0 Å². The van der Waals surface area contributed by atoms with Crippen LogP contribution in [0.2, 0.25) is 0 Å². The van der Waals surface area contributed by atoms with E-state index in [9.17, 15) is 4.79 Å². The molecule has 0 bridgehead atoms. The molecule has 0 saturated carbocycles. The number of carboxylic acids is 1. The number of nitrogens with one attached hydrogen (secondary N) is 1. The summed E-state index contributed by atoms with van der Waals surface area (Å²) < 4.78 is 0. The highest BCUT2D eigenvalue weighted by Gasteiger charge is 2.27. The molecule has 1 rings (SSSR count). The maximum absolute atomic E-state index is 10.9. The van der Waals surface area contributed by atoms with E-state index >= 15 is 0 Å². The van der Waals surface area contributed by atoms with Crippen LogP contribution in [0.1, 0.15) is 32.4 Å². The predicted molar refractivity (Wildman–Crippen MR) is 64.3 cm³/mol. The summed E-state index contributed by atoms with van der Waals surface area (Å²) in [6, 6.07) is 10.2. The Balaban J connectivity index is 2.54. The molecule has 2 N–H and O–H groups in total. The Morgan fingerprint density at radius 2 is 1.94 bits per heavy atom. The van der Waals surface area contributed by atoms with E-state index in [0.717, 1.165) is 0 Å². The lowest BCUT2D eigenvalue weighted by atomic mass is 9.93. The molecular formula is C13H19NO2. The van der Waals surface area contributed by atoms with Crippen molar-refractivity contribution in [3.63, 3.8) is 0 Å². The van der Waals surface area contributed by atoms with Gasteiger partial charge in [0.15, 0.2) is 0 Å². The molecule has 0 heterocycles. The van der Waals surface area contributed by atoms with Gasteiger partial charge in [-0.2, -0.15) is 0 Å². The van der Waals surface area contributed by atoms with Gasteiger partial charge in [0.05, 0.1) is 5.41 Å². The molecule has 0 fully saturated rings. The molecule has 0 saturated heterocycles. The van der Waals surface area contributed by atoms with E-state index in [4.69, 9.17) is 5.11 Å². The SMILES string of the molecule is CC(NCC(C)(C)C(=O)O)c1ccccc1. The molecule has 0 aliphatic heterocycles. The third-order valence-corrected chi connectivity index (χ3v) is 2.73. The van der Waals surface area contributed by atoms with E-state index in [0.29, 0.717) is 6.54 Å². The number of aliphatic carboxylic acids is 1. The van der Waals surface area contributed by atoms with Crippen molar-refractivity contribution in [2.75, 3.05) is 6.54 Å². The van der Waals surface area contributed by atoms with Crippen molar-refractivity contribution in [1.82, 2.24) is 5.32 Å². The van der Waals surface area contributed by atoms with Gasteiger partial charge in [-0.3, -0.25) is 4.79 Å². The first-order chi connectivity index (χ1) is 7.43. The second-order valence-corrected chi connectivity index (χ2v) is 4.70. The minimum atomic E-state index is -0.778. The van der Waals surface area contributed by atoms with Crippen LogP contribution in [-0.4, -0.2) is 17.6 Å². The van der Waals surface area contributed by atoms with Gasteiger partial charge < -0.3 is 10.4 Å². The lowest BCUT2D eigenvalue weighted by Gasteiger charge is -2.23. The van der Waals surface area contributed by atoms with E-state index in [1.165, 1.54) is 5.56 Å². The zero-order valence-electron chi connectivity index (χ0n) is 10.0. The van der Waals surface area contributed by atoms with E-state index in [1.807, 2.05) is 37.3 Å². The lowest BCUT2D eigenvalue weighted by molar-refractivity contribution is -0.146. The Morgan fingerprint density at radius 3 is 2.44 bits per heavy atom. The summed E-state index contributed by atoms with van der Waals surface area (Å²) in [5.74, 6) is -0.778. The smallest absolute Gasteiger partial charge is 0.310 e. The Hall–Kier alpha value is -1.35. The van der Waals surface area contributed by atoms with Gasteiger partial charge in [-0.1, -0.05) is 30.3 Å². The van der Waals surface area contributed by atoms with Gasteiger partial charge in [0.25, 0.3) is 0 Å². The topological polar surface area (TPSA) is 49.3 Å². The van der Waals surface area contributed by atoms with Gasteiger partial charge in [-0.05, 0) is 26.3 Å². The first-order valence-electron chi connectivity index (χ1n) is 5.45. The number of rotatable bonds is 5. The molecule has 1 aromatic rings. The molecule has 1 atom stereocenters. The third-order valence-electron chi connectivity index (χ3n) is 2.73. The summed E-state index contributed by atoms with van der Waals surface area (Å²) in [5, 5.41) is 12.2. The lowest BCUT2D eigenvalue weighted by Crippen LogP contribution is -2.37. The number of hydrogen-bond acceptors (Lipinski definition) is 2. The summed E-state index contributed by atoms with van der Waals surface area (Å²) in [6.07, 6.45) is 0. The second-order valence-electron chi connectivity index (χ2n) is 4.70. The highest BCUT2D eigenvalue weighted by molar-refractivity contribution is 5.73. The highest BCUT2D eigenvalue weighted by atomic mass is 16.4. The average Bonchev–Trinajstić information content (AvgIpc) is 2.27. The maximum atomic E-state index is 10.9. The fraction of sp³-hybridized carbons (Fsp3) is 0.462. The molecule has 0 spiro atoms. The summed E-state index contributed by atoms with van der Waals surface area (Å²) >= 11 is 0. The van der Waals surface area contributed by atoms with Crippen LogP contribution in [0.3, 0.4) is 0 Å². The first-order valence-corrected chi connectivity index (χ1v) is 5.45. The standard InChI is InChI=1S/C13H19NO2/c1-10(11-7-5-4-6-8-11)14-9-13(2,3)12(15)16/h4-8,10,14H,9H2,1-3H3,(H,15,16). The summed E-state index contributed by atoms with van der Waals surface area (Å²) in [7, 11) is 0. The van der Waals surface area contributed by atoms with Crippen molar-refractivity contribution in [3.05, 3.63) is 35.9 Å². The third kappa shape index (κ3) is 3.35. The Bertz CT molecular complexity index is 346. The maximum Gasteiger partial charge on any atom is 0.310 e. The molecular weight excluding hydrogens is 202 g/mol. The van der Waals surface area contributed by atoms with Gasteiger partial charge in [-0.15, -0.1) is 0 Å². The Labute approximate surface area is 96.5 Å². The van der Waals surface area contributed by atoms with Crippen LogP contribution in [0.5, 0.6) is 0 Å². The molecule has 16 heavy (non-hydrogen) atoms. The van der Waals surface area contributed by atoms with Gasteiger partial charge >= 0.3 is 5.97 Å². The largest absolute Gasteiger partial charge is 0.481 e. The predicted octanol–water partition coefficient (Wildman–Crippen LogP) is 2.45. The summed E-state index contributed by atoms with van der Waals surface area (Å²) in [5.41, 5.74) is 0.437. The van der Waals surface area contributed by atoms with Crippen molar-refractivity contribution >= 4 is 5.97 Å². The van der Waals surface area contributed by atoms with Gasteiger partial charge in [0.1, 0.15) is 0 Å². The number of hydrogen-bond donors (Lipinski definition) is 2. The fourth-order valence-electron chi connectivity index (χ4n) is 1.34. The van der Waals surface area contributed by atoms with E-state index in [2.05, 4.69) is 5.32 Å². The summed E-state index contributed by atoms with van der Waals surface area (Å²) in [4.78, 5) is 10.9. The highest BCUT2D eigenvalue weighted by Crippen LogP contribution is 2.17. The Kier molecular flexibility index (Phi) is 4.07. The average molecular weight is 221 g/mol. The quantitative estimate of drug-likeness (QED) is 0.803. The molecule has 1 aromatic carbocycles. The molecule has 0 aliphatic rings. The van der Waals surface area contributed by atoms with Crippen LogP contribution < -0.4 is 5.32 Å². The monoisotopic (exact) mass is 221 g/mol. The van der Waals surface area contributed by atoms with E-state index in [1.54, 1.807) is 13.8 Å². The number of benzene rings is 1. The second kappa shape index (κ2) is 5.12. The van der Waals surface area contributed by atoms with Crippen LogP contribution in [0.4, 0.5) is 0 Å². The van der Waals surface area contributed by atoms with Crippen molar-refractivity contribution in [2.45, 2.75) is 26.8 Å². The van der Waals surface area contributed by atoms with Crippen LogP contribution in [0, 0.1) is 5.41 Å². The van der Waals surface area contributed by atoms with Crippen LogP contribution in [-0.2, 0) is 4.79 Å². The van der Waals surface area contributed by atoms with Crippen LogP contribution in [0.15, 0.2) is 30.3 Å². The van der Waals surface area contributed by atoms with Gasteiger partial charge in [0.2, 0.25) is 0 Å². The summed E-state index contributed by atoms with van der Waals surface area (Å²) in [6.45, 7) is 5.94. The molecule has 88 valence electrons. The van der Waals surface area contributed by atoms with Crippen molar-refractivity contribution in [2.24, 2.45) is 5.41 Å². The van der Waals surface area contributed by atoms with E-state index < -0.39 is 11.4 Å². The van der Waals surface area contributed by atoms with Crippen molar-refractivity contribution in [3.8, 4) is 0 Å². The molecule has 1 unspecified atom stereocenters. The number of carbonyl (C=O) groups is 1. The van der Waals surface area contributed by atoms with Gasteiger partial charge in [0, 0.05) is 12.6 Å². The minimum Gasteiger partial charge on any atom is -0.481 e. The van der Waals surface area contributed by atoms with Crippen LogP contribution in [0.25, 0.3) is 0 Å². The fourth-order valence-corrected chi connectivity index (χ4v) is 1.34. The van der Waals surface area contributed by atoms with Gasteiger partial charge in [-0.25, -0.2) is 0 Å². The minimum absolute atomic E-state index is 0.167. The normalized spacial score (nSPS) is 13.4. The zero-order valence-corrected chi connectivity index (χ0v) is 10.0. The molecule has 0 radical (unpaired) electrons. The molecule has 3 heteroatoms. The molecule has 0 amide bonds.